The van der Waals surface area contributed by atoms with Gasteiger partial charge in [-0.1, -0.05) is 34.1 Å². The highest BCUT2D eigenvalue weighted by Gasteiger charge is 2.28. The number of nitrogens with two attached hydrogens (primary N) is 1. The summed E-state index contributed by atoms with van der Waals surface area (Å²) in [4.78, 5) is 2.63. The fourth-order valence-corrected chi connectivity index (χ4v) is 3.75. The summed E-state index contributed by atoms with van der Waals surface area (Å²) in [6, 6.07) is 0. The van der Waals surface area contributed by atoms with Gasteiger partial charge in [0, 0.05) is 23.6 Å². The van der Waals surface area contributed by atoms with Crippen LogP contribution in [0.4, 0.5) is 0 Å². The maximum absolute atomic E-state index is 5.97. The Morgan fingerprint density at radius 3 is 2.65 bits per heavy atom. The molecule has 1 atom stereocenters. The van der Waals surface area contributed by atoms with Crippen molar-refractivity contribution in [2.24, 2.45) is 11.1 Å². The van der Waals surface area contributed by atoms with Crippen LogP contribution < -0.4 is 5.73 Å². The molecule has 0 bridgehead atoms. The third kappa shape index (κ3) is 5.19. The summed E-state index contributed by atoms with van der Waals surface area (Å²) in [5.74, 6) is 1.26. The Morgan fingerprint density at radius 2 is 2.06 bits per heavy atom. The van der Waals surface area contributed by atoms with Crippen molar-refractivity contribution in [3.05, 3.63) is 0 Å². The van der Waals surface area contributed by atoms with Gasteiger partial charge < -0.3 is 10.6 Å². The average Bonchev–Trinajstić information content (AvgIpc) is 2.41. The van der Waals surface area contributed by atoms with Gasteiger partial charge in [0.25, 0.3) is 0 Å². The summed E-state index contributed by atoms with van der Waals surface area (Å²) >= 11 is 2.12. The molecule has 2 nitrogen and oxygen atoms in total. The Morgan fingerprint density at radius 1 is 1.35 bits per heavy atom. The van der Waals surface area contributed by atoms with Crippen molar-refractivity contribution in [2.45, 2.75) is 51.7 Å². The predicted octanol–water partition coefficient (Wildman–Crippen LogP) is 2.97. The van der Waals surface area contributed by atoms with E-state index in [0.717, 1.165) is 6.54 Å². The van der Waals surface area contributed by atoms with Crippen molar-refractivity contribution >= 4 is 11.8 Å². The van der Waals surface area contributed by atoms with Crippen LogP contribution in [0.25, 0.3) is 0 Å². The van der Waals surface area contributed by atoms with Crippen LogP contribution in [0.5, 0.6) is 0 Å². The smallest absolute Gasteiger partial charge is 0.0116 e. The second-order valence-electron chi connectivity index (χ2n) is 6.40. The van der Waals surface area contributed by atoms with Crippen LogP contribution in [0.2, 0.25) is 0 Å². The third-order valence-corrected chi connectivity index (χ3v) is 5.25. The molecule has 1 aliphatic heterocycles. The van der Waals surface area contributed by atoms with E-state index in [1.54, 1.807) is 0 Å². The number of rotatable bonds is 5. The first-order chi connectivity index (χ1) is 7.91. The first-order valence-corrected chi connectivity index (χ1v) is 7.96. The molecule has 1 fully saturated rings. The molecule has 1 rings (SSSR count). The maximum Gasteiger partial charge on any atom is 0.0116 e. The van der Waals surface area contributed by atoms with Crippen LogP contribution in [-0.2, 0) is 0 Å². The van der Waals surface area contributed by atoms with E-state index >= 15 is 0 Å². The van der Waals surface area contributed by atoms with Crippen LogP contribution in [0, 0.1) is 5.41 Å². The molecule has 0 radical (unpaired) electrons. The van der Waals surface area contributed by atoms with Crippen LogP contribution >= 0.6 is 11.8 Å². The molecule has 0 aromatic heterocycles. The molecule has 0 amide bonds. The highest BCUT2D eigenvalue weighted by Crippen LogP contribution is 2.32. The number of hydrogen-bond donors (Lipinski definition) is 1. The van der Waals surface area contributed by atoms with Crippen molar-refractivity contribution in [3.8, 4) is 0 Å². The lowest BCUT2D eigenvalue weighted by atomic mass is 9.85. The van der Waals surface area contributed by atoms with E-state index in [9.17, 15) is 0 Å². The zero-order chi connectivity index (χ0) is 12.9. The van der Waals surface area contributed by atoms with Gasteiger partial charge in [-0.2, -0.15) is 11.8 Å². The summed E-state index contributed by atoms with van der Waals surface area (Å²) in [5, 5.41) is 0. The first kappa shape index (κ1) is 15.3. The Bertz CT molecular complexity index is 230. The average molecular weight is 258 g/mol. The van der Waals surface area contributed by atoms with Crippen molar-refractivity contribution < 1.29 is 0 Å². The number of thioether (sulfide) groups is 1. The van der Waals surface area contributed by atoms with Crippen molar-refractivity contribution in [3.63, 3.8) is 0 Å². The lowest BCUT2D eigenvalue weighted by Crippen LogP contribution is -2.41. The second-order valence-corrected chi connectivity index (χ2v) is 8.20. The van der Waals surface area contributed by atoms with Crippen molar-refractivity contribution in [2.75, 3.05) is 31.9 Å². The zero-order valence-electron chi connectivity index (χ0n) is 12.1. The Labute approximate surface area is 112 Å². The van der Waals surface area contributed by atoms with E-state index in [2.05, 4.69) is 44.4 Å². The van der Waals surface area contributed by atoms with E-state index in [4.69, 9.17) is 5.73 Å². The van der Waals surface area contributed by atoms with Crippen LogP contribution in [0.15, 0.2) is 0 Å². The molecule has 1 heterocycles. The Balaban J connectivity index is 2.50. The molecule has 0 spiro atoms. The lowest BCUT2D eigenvalue weighted by molar-refractivity contribution is 0.163. The molecule has 0 saturated carbocycles. The van der Waals surface area contributed by atoms with E-state index in [-0.39, 0.29) is 0 Å². The fraction of sp³-hybridized carbons (Fsp3) is 1.00. The van der Waals surface area contributed by atoms with Gasteiger partial charge in [-0.3, -0.25) is 0 Å². The van der Waals surface area contributed by atoms with E-state index in [1.165, 1.54) is 44.6 Å². The highest BCUT2D eigenvalue weighted by atomic mass is 32.2. The minimum atomic E-state index is 0.313. The molecule has 3 heteroatoms. The molecule has 1 saturated heterocycles. The summed E-state index contributed by atoms with van der Waals surface area (Å²) in [6.07, 6.45) is 3.78. The van der Waals surface area contributed by atoms with E-state index < -0.39 is 0 Å². The van der Waals surface area contributed by atoms with Gasteiger partial charge in [0.05, 0.1) is 0 Å². The van der Waals surface area contributed by atoms with Gasteiger partial charge in [-0.25, -0.2) is 0 Å². The van der Waals surface area contributed by atoms with Gasteiger partial charge in [-0.05, 0) is 31.3 Å². The molecule has 1 unspecified atom stereocenters. The van der Waals surface area contributed by atoms with Crippen molar-refractivity contribution in [1.82, 2.24) is 4.90 Å². The third-order valence-electron chi connectivity index (χ3n) is 3.88. The van der Waals surface area contributed by atoms with Crippen molar-refractivity contribution in [1.29, 1.82) is 0 Å². The van der Waals surface area contributed by atoms with Gasteiger partial charge in [0.2, 0.25) is 0 Å². The van der Waals surface area contributed by atoms with Gasteiger partial charge >= 0.3 is 0 Å². The molecule has 0 aliphatic carbocycles. The highest BCUT2D eigenvalue weighted by molar-refractivity contribution is 8.00. The zero-order valence-corrected chi connectivity index (χ0v) is 12.9. The summed E-state index contributed by atoms with van der Waals surface area (Å²) in [7, 11) is 0. The van der Waals surface area contributed by atoms with Crippen LogP contribution in [0.3, 0.4) is 0 Å². The summed E-state index contributed by atoms with van der Waals surface area (Å²) in [6.45, 7) is 13.8. The predicted molar refractivity (Wildman–Crippen MR) is 79.7 cm³/mol. The molecule has 17 heavy (non-hydrogen) atoms. The normalized spacial score (nSPS) is 25.2. The molecule has 1 aliphatic rings. The van der Waals surface area contributed by atoms with Gasteiger partial charge in [-0.15, -0.1) is 0 Å². The van der Waals surface area contributed by atoms with E-state index in [1.807, 2.05) is 0 Å². The largest absolute Gasteiger partial charge is 0.330 e. The monoisotopic (exact) mass is 258 g/mol. The first-order valence-electron chi connectivity index (χ1n) is 6.97. The quantitative estimate of drug-likeness (QED) is 0.822. The Kier molecular flexibility index (Phi) is 5.81. The summed E-state index contributed by atoms with van der Waals surface area (Å²) in [5.41, 5.74) is 6.28. The molecular formula is C14H30N2S. The fourth-order valence-electron chi connectivity index (χ4n) is 2.61. The van der Waals surface area contributed by atoms with Gasteiger partial charge in [0.15, 0.2) is 0 Å². The SMILES string of the molecule is CCCC(C)(CN)CN1CCSC(C)(C)CC1. The van der Waals surface area contributed by atoms with E-state index in [0.29, 0.717) is 10.2 Å². The van der Waals surface area contributed by atoms with Gasteiger partial charge in [0.1, 0.15) is 0 Å². The topological polar surface area (TPSA) is 29.3 Å². The Hall–Kier alpha value is 0.270. The minimum absolute atomic E-state index is 0.313. The number of hydrogen-bond acceptors (Lipinski definition) is 3. The standard InChI is InChI=1S/C14H30N2S/c1-5-6-14(4,11-15)12-16-8-7-13(2,3)17-10-9-16/h5-12,15H2,1-4H3. The molecule has 2 N–H and O–H groups in total. The molecule has 0 aromatic carbocycles. The number of nitrogens with zero attached hydrogens (tertiary/aromatic N) is 1. The lowest BCUT2D eigenvalue weighted by Gasteiger charge is -2.34. The summed E-state index contributed by atoms with van der Waals surface area (Å²) < 4.78 is 0.457. The maximum atomic E-state index is 5.97. The molecule has 0 aromatic rings. The van der Waals surface area contributed by atoms with Crippen LogP contribution in [0.1, 0.15) is 47.0 Å². The molecular weight excluding hydrogens is 228 g/mol. The minimum Gasteiger partial charge on any atom is -0.330 e. The molecule has 102 valence electrons. The van der Waals surface area contributed by atoms with Crippen LogP contribution in [-0.4, -0.2) is 41.6 Å². The second kappa shape index (κ2) is 6.44.